The number of fused-ring (bicyclic) bond motifs is 6. The Labute approximate surface area is 150 Å². The zero-order valence-electron chi connectivity index (χ0n) is 15.0. The summed E-state index contributed by atoms with van der Waals surface area (Å²) in [6.45, 7) is 9.71. The Hall–Kier alpha value is -2.33. The van der Waals surface area contributed by atoms with Gasteiger partial charge in [-0.15, -0.1) is 0 Å². The lowest BCUT2D eigenvalue weighted by Gasteiger charge is -2.35. The van der Waals surface area contributed by atoms with E-state index in [4.69, 9.17) is 10.2 Å². The summed E-state index contributed by atoms with van der Waals surface area (Å²) in [5, 5.41) is 10.1. The van der Waals surface area contributed by atoms with Gasteiger partial charge >= 0.3 is 0 Å². The standard InChI is InChI=1S/C17H22N6Si2/c1-24(2)13-25(3,4)23-17(21-12-8-6-10-15(21)19-23)16-20-11-7-5-9-14(20)18-22(16)24/h5-12H,13H2,1-4H3. The summed E-state index contributed by atoms with van der Waals surface area (Å²) >= 11 is 0. The molecule has 0 saturated carbocycles. The van der Waals surface area contributed by atoms with Crippen molar-refractivity contribution < 1.29 is 0 Å². The number of amidine groups is 2. The zero-order valence-corrected chi connectivity index (χ0v) is 17.0. The highest BCUT2D eigenvalue weighted by molar-refractivity contribution is 6.93. The summed E-state index contributed by atoms with van der Waals surface area (Å²) in [4.78, 5) is 4.44. The van der Waals surface area contributed by atoms with Gasteiger partial charge in [0, 0.05) is 12.4 Å². The van der Waals surface area contributed by atoms with Crippen LogP contribution in [0.4, 0.5) is 0 Å². The van der Waals surface area contributed by atoms with Gasteiger partial charge in [0.25, 0.3) is 0 Å². The molecule has 5 aliphatic rings. The van der Waals surface area contributed by atoms with Crippen LogP contribution in [0.25, 0.3) is 0 Å². The third kappa shape index (κ3) is 1.95. The van der Waals surface area contributed by atoms with E-state index < -0.39 is 16.5 Å². The maximum atomic E-state index is 5.03. The smallest absolute Gasteiger partial charge is 0.181 e. The fraction of sp³-hybridized carbons (Fsp3) is 0.294. The molecule has 8 heteroatoms. The molecule has 0 aromatic heterocycles. The first-order valence-electron chi connectivity index (χ1n) is 8.69. The third-order valence-electron chi connectivity index (χ3n) is 5.15. The van der Waals surface area contributed by atoms with E-state index in [0.717, 1.165) is 23.3 Å². The van der Waals surface area contributed by atoms with Crippen molar-refractivity contribution in [1.82, 2.24) is 19.1 Å². The number of nitrogens with zero attached hydrogens (tertiary/aromatic N) is 6. The van der Waals surface area contributed by atoms with E-state index in [-0.39, 0.29) is 0 Å². The van der Waals surface area contributed by atoms with Crippen LogP contribution in [0.15, 0.2) is 70.7 Å². The molecule has 0 N–H and O–H groups in total. The Morgan fingerprint density at radius 1 is 0.720 bits per heavy atom. The number of hydrogen-bond donors (Lipinski definition) is 0. The van der Waals surface area contributed by atoms with Crippen LogP contribution in [0.2, 0.25) is 31.9 Å². The molecule has 6 nitrogen and oxygen atoms in total. The van der Waals surface area contributed by atoms with Crippen LogP contribution in [-0.2, 0) is 0 Å². The molecule has 25 heavy (non-hydrogen) atoms. The molecular formula is C17H22N6Si2. The molecule has 0 unspecified atom stereocenters. The first kappa shape index (κ1) is 15.0. The molecule has 5 heterocycles. The molecule has 128 valence electrons. The predicted molar refractivity (Wildman–Crippen MR) is 106 cm³/mol. The first-order chi connectivity index (χ1) is 11.9. The molecule has 0 spiro atoms. The van der Waals surface area contributed by atoms with Crippen molar-refractivity contribution in [2.75, 3.05) is 0 Å². The minimum atomic E-state index is -1.76. The second-order valence-electron chi connectivity index (χ2n) is 8.13. The van der Waals surface area contributed by atoms with Crippen LogP contribution in [0.5, 0.6) is 0 Å². The van der Waals surface area contributed by atoms with E-state index in [2.05, 4.69) is 94.2 Å². The van der Waals surface area contributed by atoms with Gasteiger partial charge in [0.05, 0.1) is 0 Å². The molecule has 0 atom stereocenters. The van der Waals surface area contributed by atoms with Gasteiger partial charge in [-0.1, -0.05) is 12.2 Å². The molecule has 0 bridgehead atoms. The molecule has 5 aliphatic heterocycles. The highest BCUT2D eigenvalue weighted by Crippen LogP contribution is 2.44. The van der Waals surface area contributed by atoms with Crippen LogP contribution in [-0.4, -0.2) is 47.3 Å². The molecule has 0 aromatic carbocycles. The number of hydrogen-bond acceptors (Lipinski definition) is 6. The Kier molecular flexibility index (Phi) is 2.78. The average Bonchev–Trinajstić information content (AvgIpc) is 3.10. The lowest BCUT2D eigenvalue weighted by molar-refractivity contribution is 0.412. The zero-order chi connectivity index (χ0) is 17.4. The second kappa shape index (κ2) is 4.64. The first-order valence-corrected chi connectivity index (χ1v) is 15.0. The Morgan fingerprint density at radius 3 is 1.60 bits per heavy atom. The third-order valence-corrected chi connectivity index (χ3v) is 15.0. The lowest BCUT2D eigenvalue weighted by Crippen LogP contribution is -2.52. The Morgan fingerprint density at radius 2 is 1.16 bits per heavy atom. The van der Waals surface area contributed by atoms with Gasteiger partial charge in [-0.3, -0.25) is 19.1 Å². The van der Waals surface area contributed by atoms with Crippen molar-refractivity contribution in [3.8, 4) is 0 Å². The average molecular weight is 367 g/mol. The van der Waals surface area contributed by atoms with Crippen molar-refractivity contribution in [3.05, 3.63) is 60.5 Å². The molecule has 0 fully saturated rings. The molecule has 5 rings (SSSR count). The maximum absolute atomic E-state index is 5.03. The van der Waals surface area contributed by atoms with Gasteiger partial charge in [0.2, 0.25) is 0 Å². The highest BCUT2D eigenvalue weighted by Gasteiger charge is 2.54. The molecule has 0 aliphatic carbocycles. The van der Waals surface area contributed by atoms with E-state index in [9.17, 15) is 0 Å². The summed E-state index contributed by atoms with van der Waals surface area (Å²) in [7, 11) is -3.51. The van der Waals surface area contributed by atoms with E-state index in [1.165, 1.54) is 5.67 Å². The minimum Gasteiger partial charge on any atom is -0.282 e. The van der Waals surface area contributed by atoms with E-state index in [1.807, 2.05) is 0 Å². The van der Waals surface area contributed by atoms with Crippen LogP contribution in [0.3, 0.4) is 0 Å². The summed E-state index contributed by atoms with van der Waals surface area (Å²) in [6.07, 6.45) is 16.7. The van der Waals surface area contributed by atoms with Gasteiger partial charge in [0.15, 0.2) is 39.8 Å². The second-order valence-corrected chi connectivity index (χ2v) is 17.6. The maximum Gasteiger partial charge on any atom is 0.181 e. The van der Waals surface area contributed by atoms with Crippen molar-refractivity contribution in [1.29, 1.82) is 0 Å². The van der Waals surface area contributed by atoms with E-state index >= 15 is 0 Å². The molecule has 0 radical (unpaired) electrons. The summed E-state index contributed by atoms with van der Waals surface area (Å²) in [6, 6.07) is 0. The fourth-order valence-electron chi connectivity index (χ4n) is 4.35. The van der Waals surface area contributed by atoms with E-state index in [0.29, 0.717) is 0 Å². The number of hydrazone groups is 2. The lowest BCUT2D eigenvalue weighted by atomic mass is 10.3. The van der Waals surface area contributed by atoms with Crippen LogP contribution >= 0.6 is 0 Å². The van der Waals surface area contributed by atoms with Crippen molar-refractivity contribution in [3.63, 3.8) is 0 Å². The molecular weight excluding hydrogens is 344 g/mol. The van der Waals surface area contributed by atoms with Crippen molar-refractivity contribution in [2.24, 2.45) is 10.2 Å². The van der Waals surface area contributed by atoms with E-state index in [1.54, 1.807) is 0 Å². The van der Waals surface area contributed by atoms with Gasteiger partial charge in [-0.05, 0) is 56.2 Å². The van der Waals surface area contributed by atoms with Gasteiger partial charge < -0.3 is 0 Å². The normalized spacial score (nSPS) is 27.0. The SMILES string of the molecule is C[Si]1(C)C[Si](C)(C)N2N=C3C=CC=CN3C2=C2N3C=CC=CC3=NN21. The minimum absolute atomic E-state index is 0.997. The Bertz CT molecular complexity index is 804. The Balaban J connectivity index is 1.78. The highest BCUT2D eigenvalue weighted by atomic mass is 28.4. The fourth-order valence-corrected chi connectivity index (χ4v) is 16.3. The van der Waals surface area contributed by atoms with Gasteiger partial charge in [-0.2, -0.15) is 10.2 Å². The van der Waals surface area contributed by atoms with Crippen LogP contribution in [0, 0.1) is 0 Å². The molecule has 0 aromatic rings. The molecule has 0 saturated heterocycles. The van der Waals surface area contributed by atoms with Gasteiger partial charge in [-0.25, -0.2) is 0 Å². The molecule has 0 amide bonds. The predicted octanol–water partition coefficient (Wildman–Crippen LogP) is 3.11. The van der Waals surface area contributed by atoms with Crippen molar-refractivity contribution in [2.45, 2.75) is 31.9 Å². The summed E-state index contributed by atoms with van der Waals surface area (Å²) in [5.41, 5.74) is 1.21. The van der Waals surface area contributed by atoms with Gasteiger partial charge in [0.1, 0.15) is 0 Å². The largest absolute Gasteiger partial charge is 0.282 e. The summed E-state index contributed by atoms with van der Waals surface area (Å²) in [5.74, 6) is 4.31. The van der Waals surface area contributed by atoms with Crippen molar-refractivity contribution >= 4 is 28.1 Å². The monoisotopic (exact) mass is 366 g/mol. The summed E-state index contributed by atoms with van der Waals surface area (Å²) < 4.78 is 4.69. The quantitative estimate of drug-likeness (QED) is 0.618. The topological polar surface area (TPSA) is 37.7 Å². The van der Waals surface area contributed by atoms with Crippen LogP contribution < -0.4 is 0 Å². The van der Waals surface area contributed by atoms with Crippen LogP contribution in [0.1, 0.15) is 0 Å². The number of rotatable bonds is 0. The number of allylic oxidation sites excluding steroid dienone is 4.